The average Bonchev–Trinajstić information content (AvgIpc) is 2.94. The quantitative estimate of drug-likeness (QED) is 0.163. The predicted molar refractivity (Wildman–Crippen MR) is 153 cm³/mol. The number of ether oxygens (including phenoxy) is 1. The smallest absolute Gasteiger partial charge is 0.207 e. The summed E-state index contributed by atoms with van der Waals surface area (Å²) in [5.41, 5.74) is 5.52. The Morgan fingerprint density at radius 3 is 2.57 bits per heavy atom. The van der Waals surface area contributed by atoms with E-state index in [1.165, 1.54) is 5.56 Å². The van der Waals surface area contributed by atoms with E-state index in [0.717, 1.165) is 60.8 Å². The average molecular weight is 519 g/mol. The van der Waals surface area contributed by atoms with Crippen LogP contribution in [0.15, 0.2) is 84.9 Å². The van der Waals surface area contributed by atoms with Gasteiger partial charge in [0, 0.05) is 43.4 Å². The van der Waals surface area contributed by atoms with Gasteiger partial charge in [0.05, 0.1) is 12.2 Å². The first-order chi connectivity index (χ1) is 18.3. The van der Waals surface area contributed by atoms with Crippen molar-refractivity contribution in [1.82, 2.24) is 10.6 Å². The Balaban J connectivity index is 1.61. The third-order valence-electron chi connectivity index (χ3n) is 6.32. The molecule has 0 fully saturated rings. The topological polar surface area (TPSA) is 65.6 Å². The maximum Gasteiger partial charge on any atom is 0.207 e. The summed E-state index contributed by atoms with van der Waals surface area (Å²) in [6.07, 6.45) is 3.95. The van der Waals surface area contributed by atoms with Crippen LogP contribution in [0.25, 0.3) is 5.70 Å². The van der Waals surface area contributed by atoms with Gasteiger partial charge >= 0.3 is 0 Å². The monoisotopic (exact) mass is 518 g/mol. The van der Waals surface area contributed by atoms with E-state index < -0.39 is 0 Å². The molecule has 1 atom stereocenters. The summed E-state index contributed by atoms with van der Waals surface area (Å²) in [4.78, 5) is 12.9. The number of halogens is 1. The predicted octanol–water partition coefficient (Wildman–Crippen LogP) is 4.77. The second kappa shape index (κ2) is 14.3. The van der Waals surface area contributed by atoms with Crippen molar-refractivity contribution in [2.45, 2.75) is 6.42 Å². The summed E-state index contributed by atoms with van der Waals surface area (Å²) in [6, 6.07) is 27.2. The first-order valence-corrected chi connectivity index (χ1v) is 13.3. The molecule has 6 nitrogen and oxygen atoms in total. The van der Waals surface area contributed by atoms with Gasteiger partial charge < -0.3 is 25.6 Å². The van der Waals surface area contributed by atoms with Crippen LogP contribution in [-0.4, -0.2) is 51.6 Å². The van der Waals surface area contributed by atoms with Crippen molar-refractivity contribution in [2.75, 3.05) is 55.4 Å². The lowest BCUT2D eigenvalue weighted by atomic mass is 9.96. The molecular weight excluding hydrogens is 484 g/mol. The fourth-order valence-electron chi connectivity index (χ4n) is 4.52. The molecule has 0 bridgehead atoms. The first-order valence-electron chi connectivity index (χ1n) is 12.8. The SMILES string of the molecule is O=CNCCNCC(/C=C(/Nc1ccc2c(c1)N(CCCl)CCO2)c1ccccc1)Cc1ccccc1. The van der Waals surface area contributed by atoms with Crippen molar-refractivity contribution in [1.29, 1.82) is 0 Å². The Kier molecular flexibility index (Phi) is 10.3. The van der Waals surface area contributed by atoms with Crippen LogP contribution in [-0.2, 0) is 11.2 Å². The maximum atomic E-state index is 10.6. The van der Waals surface area contributed by atoms with Crippen molar-refractivity contribution in [3.63, 3.8) is 0 Å². The molecule has 3 aromatic rings. The molecular formula is C30H35ClN4O2. The molecule has 1 heterocycles. The van der Waals surface area contributed by atoms with Crippen LogP contribution in [0, 0.1) is 5.92 Å². The normalized spacial score (nSPS) is 13.9. The fourth-order valence-corrected chi connectivity index (χ4v) is 4.72. The molecule has 1 aliphatic heterocycles. The minimum absolute atomic E-state index is 0.232. The Labute approximate surface area is 224 Å². The highest BCUT2D eigenvalue weighted by atomic mass is 35.5. The van der Waals surface area contributed by atoms with Crippen molar-refractivity contribution in [2.24, 2.45) is 5.92 Å². The van der Waals surface area contributed by atoms with Gasteiger partial charge in [-0.05, 0) is 41.7 Å². The number of amides is 1. The zero-order chi connectivity index (χ0) is 25.7. The van der Waals surface area contributed by atoms with Gasteiger partial charge in [0.2, 0.25) is 6.41 Å². The summed E-state index contributed by atoms with van der Waals surface area (Å²) in [5, 5.41) is 9.90. The highest BCUT2D eigenvalue weighted by Gasteiger charge is 2.19. The summed E-state index contributed by atoms with van der Waals surface area (Å²) in [6.45, 7) is 4.39. The molecule has 0 aromatic heterocycles. The van der Waals surface area contributed by atoms with Crippen molar-refractivity contribution < 1.29 is 9.53 Å². The number of nitrogens with zero attached hydrogens (tertiary/aromatic N) is 1. The number of carbonyl (C=O) groups excluding carboxylic acids is 1. The molecule has 1 amide bonds. The molecule has 1 unspecified atom stereocenters. The summed E-state index contributed by atoms with van der Waals surface area (Å²) >= 11 is 6.06. The minimum atomic E-state index is 0.232. The number of hydrogen-bond donors (Lipinski definition) is 3. The van der Waals surface area contributed by atoms with Crippen molar-refractivity contribution >= 4 is 35.1 Å². The van der Waals surface area contributed by atoms with Crippen LogP contribution in [0.4, 0.5) is 11.4 Å². The van der Waals surface area contributed by atoms with Crippen LogP contribution in [0.1, 0.15) is 11.1 Å². The number of carbonyl (C=O) groups is 1. The van der Waals surface area contributed by atoms with Crippen LogP contribution in [0.5, 0.6) is 5.75 Å². The largest absolute Gasteiger partial charge is 0.490 e. The highest BCUT2D eigenvalue weighted by molar-refractivity contribution is 6.18. The molecule has 0 radical (unpaired) electrons. The molecule has 7 heteroatoms. The van der Waals surface area contributed by atoms with Crippen LogP contribution >= 0.6 is 11.6 Å². The van der Waals surface area contributed by atoms with E-state index in [9.17, 15) is 4.79 Å². The second-order valence-corrected chi connectivity index (χ2v) is 9.38. The summed E-state index contributed by atoms with van der Waals surface area (Å²) < 4.78 is 5.89. The Morgan fingerprint density at radius 1 is 1.03 bits per heavy atom. The second-order valence-electron chi connectivity index (χ2n) is 9.00. The van der Waals surface area contributed by atoms with Gasteiger partial charge in [0.1, 0.15) is 12.4 Å². The van der Waals surface area contributed by atoms with E-state index in [1.807, 2.05) is 18.2 Å². The van der Waals surface area contributed by atoms with Gasteiger partial charge in [0.15, 0.2) is 0 Å². The van der Waals surface area contributed by atoms with E-state index in [-0.39, 0.29) is 5.92 Å². The highest BCUT2D eigenvalue weighted by Crippen LogP contribution is 2.35. The third-order valence-corrected chi connectivity index (χ3v) is 6.48. The third kappa shape index (κ3) is 8.00. The van der Waals surface area contributed by atoms with Gasteiger partial charge in [-0.3, -0.25) is 4.79 Å². The summed E-state index contributed by atoms with van der Waals surface area (Å²) in [7, 11) is 0. The number of alkyl halides is 1. The number of rotatable bonds is 14. The Bertz CT molecular complexity index is 1140. The van der Waals surface area contributed by atoms with Gasteiger partial charge in [-0.2, -0.15) is 0 Å². The number of anilines is 2. The molecule has 4 rings (SSSR count). The zero-order valence-corrected chi connectivity index (χ0v) is 21.8. The Morgan fingerprint density at radius 2 is 1.81 bits per heavy atom. The lowest BCUT2D eigenvalue weighted by Crippen LogP contribution is -2.34. The summed E-state index contributed by atoms with van der Waals surface area (Å²) in [5.74, 6) is 1.69. The fraction of sp³-hybridized carbons (Fsp3) is 0.300. The number of nitrogens with one attached hydrogen (secondary N) is 3. The molecule has 0 saturated heterocycles. The van der Waals surface area contributed by atoms with E-state index in [4.69, 9.17) is 16.3 Å². The molecule has 0 saturated carbocycles. The molecule has 194 valence electrons. The van der Waals surface area contributed by atoms with Crippen LogP contribution in [0.3, 0.4) is 0 Å². The lowest BCUT2D eigenvalue weighted by Gasteiger charge is -2.31. The number of benzene rings is 3. The van der Waals surface area contributed by atoms with Crippen molar-refractivity contribution in [3.05, 3.63) is 96.1 Å². The van der Waals surface area contributed by atoms with Crippen molar-refractivity contribution in [3.8, 4) is 5.75 Å². The lowest BCUT2D eigenvalue weighted by molar-refractivity contribution is -0.109. The Hall–Kier alpha value is -3.48. The molecule has 37 heavy (non-hydrogen) atoms. The van der Waals surface area contributed by atoms with Gasteiger partial charge in [0.25, 0.3) is 0 Å². The maximum absolute atomic E-state index is 10.6. The van der Waals surface area contributed by atoms with Crippen LogP contribution in [0.2, 0.25) is 0 Å². The zero-order valence-electron chi connectivity index (χ0n) is 21.0. The molecule has 0 aliphatic carbocycles. The van der Waals surface area contributed by atoms with E-state index in [2.05, 4.69) is 87.6 Å². The molecule has 3 N–H and O–H groups in total. The van der Waals surface area contributed by atoms with E-state index in [1.54, 1.807) is 0 Å². The van der Waals surface area contributed by atoms with Gasteiger partial charge in [-0.15, -0.1) is 11.6 Å². The van der Waals surface area contributed by atoms with E-state index >= 15 is 0 Å². The standard InChI is InChI=1S/C30H35ClN4O2/c31-13-16-35-17-18-37-30-12-11-27(21-29(30)35)34-28(26-9-5-2-6-10-26)20-25(22-32-14-15-33-23-36)19-24-7-3-1-4-8-24/h1-12,20-21,23,25,32,34H,13-19,22H2,(H,33,36)/b28-20+. The van der Waals surface area contributed by atoms with Gasteiger partial charge in [-0.1, -0.05) is 66.7 Å². The first kappa shape index (κ1) is 26.6. The minimum Gasteiger partial charge on any atom is -0.490 e. The molecule has 0 spiro atoms. The number of hydrogen-bond acceptors (Lipinski definition) is 5. The molecule has 1 aliphatic rings. The molecule has 3 aromatic carbocycles. The van der Waals surface area contributed by atoms with Gasteiger partial charge in [-0.25, -0.2) is 0 Å². The van der Waals surface area contributed by atoms with E-state index in [0.29, 0.717) is 25.6 Å². The van der Waals surface area contributed by atoms with Crippen LogP contribution < -0.4 is 25.6 Å². The number of fused-ring (bicyclic) bond motifs is 1.